The molecule has 4 rings (SSSR count). The molecule has 152 valence electrons. The van der Waals surface area contributed by atoms with Crippen LogP contribution in [0.2, 0.25) is 10.0 Å². The molecule has 0 spiro atoms. The highest BCUT2D eigenvalue weighted by molar-refractivity contribution is 6.31. The fourth-order valence-corrected chi connectivity index (χ4v) is 3.72. The molecular weight excluding hydrogens is 430 g/mol. The second-order valence-electron chi connectivity index (χ2n) is 6.97. The Morgan fingerprint density at radius 1 is 0.667 bits per heavy atom. The van der Waals surface area contributed by atoms with Crippen molar-refractivity contribution in [3.63, 3.8) is 0 Å². The van der Waals surface area contributed by atoms with Gasteiger partial charge in [0.15, 0.2) is 0 Å². The molecule has 0 fully saturated rings. The first-order valence-electron chi connectivity index (χ1n) is 9.16. The van der Waals surface area contributed by atoms with Crippen molar-refractivity contribution in [1.82, 2.24) is 4.57 Å². The third kappa shape index (κ3) is 3.98. The molecule has 0 radical (unpaired) electrons. The van der Waals surface area contributed by atoms with Crippen molar-refractivity contribution >= 4 is 23.2 Å². The van der Waals surface area contributed by atoms with E-state index in [2.05, 4.69) is 0 Å². The Labute approximate surface area is 182 Å². The highest BCUT2D eigenvalue weighted by Gasteiger charge is 2.35. The molecule has 6 heteroatoms. The maximum Gasteiger partial charge on any atom is 0.418 e. The summed E-state index contributed by atoms with van der Waals surface area (Å²) in [4.78, 5) is 0. The Balaban J connectivity index is 2.03. The van der Waals surface area contributed by atoms with Gasteiger partial charge in [0.1, 0.15) is 0 Å². The first-order valence-corrected chi connectivity index (χ1v) is 9.91. The van der Waals surface area contributed by atoms with Crippen molar-refractivity contribution in [3.8, 4) is 28.2 Å². The predicted octanol–water partition coefficient (Wildman–Crippen LogP) is 8.45. The van der Waals surface area contributed by atoms with Crippen LogP contribution in [0.1, 0.15) is 11.1 Å². The molecule has 0 bridgehead atoms. The van der Waals surface area contributed by atoms with Gasteiger partial charge in [-0.2, -0.15) is 13.2 Å². The number of alkyl halides is 3. The second kappa shape index (κ2) is 7.86. The van der Waals surface area contributed by atoms with E-state index in [9.17, 15) is 13.2 Å². The van der Waals surface area contributed by atoms with E-state index in [1.807, 2.05) is 43.3 Å². The zero-order chi connectivity index (χ0) is 21.5. The van der Waals surface area contributed by atoms with E-state index in [1.54, 1.807) is 28.8 Å². The standard InChI is InChI=1S/C24H16Cl2F3N/c1-15-2-4-16(5-3-15)21-12-13-22(17-6-8-18(25)9-7-17)30(21)23-11-10-19(26)14-20(23)24(27,28)29/h2-14H,1H3. The summed E-state index contributed by atoms with van der Waals surface area (Å²) in [5, 5.41) is 0.584. The average Bonchev–Trinajstić information content (AvgIpc) is 3.13. The van der Waals surface area contributed by atoms with E-state index in [0.717, 1.165) is 22.8 Å². The molecule has 0 aliphatic carbocycles. The van der Waals surface area contributed by atoms with Gasteiger partial charge in [-0.05, 0) is 60.5 Å². The van der Waals surface area contributed by atoms with Gasteiger partial charge in [-0.1, -0.05) is 65.2 Å². The van der Waals surface area contributed by atoms with Crippen LogP contribution in [0.25, 0.3) is 28.2 Å². The van der Waals surface area contributed by atoms with E-state index >= 15 is 0 Å². The molecular formula is C24H16Cl2F3N. The summed E-state index contributed by atoms with van der Waals surface area (Å²) in [6.07, 6.45) is -4.56. The normalized spacial score (nSPS) is 11.7. The number of aryl methyl sites for hydroxylation is 1. The monoisotopic (exact) mass is 445 g/mol. The Bertz CT molecular complexity index is 1130. The Kier molecular flexibility index (Phi) is 5.39. The van der Waals surface area contributed by atoms with Gasteiger partial charge in [-0.3, -0.25) is 0 Å². The van der Waals surface area contributed by atoms with E-state index in [4.69, 9.17) is 23.2 Å². The number of halogens is 5. The van der Waals surface area contributed by atoms with Crippen molar-refractivity contribution in [2.45, 2.75) is 13.1 Å². The van der Waals surface area contributed by atoms with E-state index in [-0.39, 0.29) is 10.7 Å². The number of benzene rings is 3. The van der Waals surface area contributed by atoms with Crippen LogP contribution in [-0.2, 0) is 6.18 Å². The van der Waals surface area contributed by atoms with Crippen LogP contribution in [0.15, 0.2) is 78.9 Å². The first kappa shape index (κ1) is 20.6. The van der Waals surface area contributed by atoms with Crippen molar-refractivity contribution < 1.29 is 13.2 Å². The average molecular weight is 446 g/mol. The summed E-state index contributed by atoms with van der Waals surface area (Å²) in [7, 11) is 0. The van der Waals surface area contributed by atoms with Gasteiger partial charge in [-0.25, -0.2) is 0 Å². The minimum absolute atomic E-state index is 0.0115. The molecule has 0 amide bonds. The molecule has 0 saturated carbocycles. The fraction of sp³-hybridized carbons (Fsp3) is 0.0833. The zero-order valence-electron chi connectivity index (χ0n) is 15.8. The summed E-state index contributed by atoms with van der Waals surface area (Å²) >= 11 is 11.9. The van der Waals surface area contributed by atoms with Crippen LogP contribution < -0.4 is 0 Å². The number of rotatable bonds is 3. The van der Waals surface area contributed by atoms with Gasteiger partial charge >= 0.3 is 6.18 Å². The number of aromatic nitrogens is 1. The Hall–Kier alpha value is -2.69. The van der Waals surface area contributed by atoms with Crippen LogP contribution in [0.3, 0.4) is 0 Å². The van der Waals surface area contributed by atoms with Gasteiger partial charge in [0.25, 0.3) is 0 Å². The van der Waals surface area contributed by atoms with Gasteiger partial charge in [-0.15, -0.1) is 0 Å². The third-order valence-electron chi connectivity index (χ3n) is 4.87. The lowest BCUT2D eigenvalue weighted by Crippen LogP contribution is -2.12. The lowest BCUT2D eigenvalue weighted by atomic mass is 10.1. The number of nitrogens with zero attached hydrogens (tertiary/aromatic N) is 1. The van der Waals surface area contributed by atoms with E-state index in [0.29, 0.717) is 16.4 Å². The minimum Gasteiger partial charge on any atom is -0.309 e. The van der Waals surface area contributed by atoms with Crippen LogP contribution in [0, 0.1) is 6.92 Å². The van der Waals surface area contributed by atoms with Gasteiger partial charge in [0, 0.05) is 10.0 Å². The first-order chi connectivity index (χ1) is 14.2. The molecule has 4 aromatic rings. The lowest BCUT2D eigenvalue weighted by Gasteiger charge is -2.20. The van der Waals surface area contributed by atoms with Crippen molar-refractivity contribution in [1.29, 1.82) is 0 Å². The predicted molar refractivity (Wildman–Crippen MR) is 116 cm³/mol. The molecule has 0 atom stereocenters. The molecule has 30 heavy (non-hydrogen) atoms. The van der Waals surface area contributed by atoms with Crippen LogP contribution in [0.5, 0.6) is 0 Å². The Morgan fingerprint density at radius 3 is 1.70 bits per heavy atom. The highest BCUT2D eigenvalue weighted by atomic mass is 35.5. The SMILES string of the molecule is Cc1ccc(-c2ccc(-c3ccc(Cl)cc3)n2-c2ccc(Cl)cc2C(F)(F)F)cc1. The molecule has 0 aliphatic heterocycles. The lowest BCUT2D eigenvalue weighted by molar-refractivity contribution is -0.137. The summed E-state index contributed by atoms with van der Waals surface area (Å²) in [6.45, 7) is 1.96. The number of hydrogen-bond acceptors (Lipinski definition) is 0. The molecule has 1 nitrogen and oxygen atoms in total. The summed E-state index contributed by atoms with van der Waals surface area (Å²) in [5.74, 6) is 0. The van der Waals surface area contributed by atoms with Gasteiger partial charge < -0.3 is 4.57 Å². The fourth-order valence-electron chi connectivity index (χ4n) is 3.42. The topological polar surface area (TPSA) is 4.93 Å². The molecule has 0 aliphatic rings. The minimum atomic E-state index is -4.56. The largest absolute Gasteiger partial charge is 0.418 e. The zero-order valence-corrected chi connectivity index (χ0v) is 17.4. The number of hydrogen-bond donors (Lipinski definition) is 0. The van der Waals surface area contributed by atoms with Crippen LogP contribution in [0.4, 0.5) is 13.2 Å². The van der Waals surface area contributed by atoms with Crippen molar-refractivity contribution in [2.75, 3.05) is 0 Å². The molecule has 1 heterocycles. The van der Waals surface area contributed by atoms with Gasteiger partial charge in [0.2, 0.25) is 0 Å². The molecule has 1 aromatic heterocycles. The van der Waals surface area contributed by atoms with Crippen molar-refractivity contribution in [2.24, 2.45) is 0 Å². The third-order valence-corrected chi connectivity index (χ3v) is 5.36. The summed E-state index contributed by atoms with van der Waals surface area (Å²) in [6, 6.07) is 22.1. The van der Waals surface area contributed by atoms with Crippen molar-refractivity contribution in [3.05, 3.63) is 100 Å². The maximum atomic E-state index is 13.9. The summed E-state index contributed by atoms with van der Waals surface area (Å²) < 4.78 is 43.3. The van der Waals surface area contributed by atoms with E-state index in [1.165, 1.54) is 12.1 Å². The van der Waals surface area contributed by atoms with E-state index < -0.39 is 11.7 Å². The quantitative estimate of drug-likeness (QED) is 0.298. The molecule has 0 N–H and O–H groups in total. The molecule has 0 saturated heterocycles. The second-order valence-corrected chi connectivity index (χ2v) is 7.84. The maximum absolute atomic E-state index is 13.9. The smallest absolute Gasteiger partial charge is 0.309 e. The molecule has 3 aromatic carbocycles. The Morgan fingerprint density at radius 2 is 1.17 bits per heavy atom. The van der Waals surface area contributed by atoms with Gasteiger partial charge in [0.05, 0.1) is 22.6 Å². The molecule has 0 unspecified atom stereocenters. The highest BCUT2D eigenvalue weighted by Crippen LogP contribution is 2.40. The summed E-state index contributed by atoms with van der Waals surface area (Å²) in [5.41, 5.74) is 3.11. The van der Waals surface area contributed by atoms with Crippen LogP contribution in [-0.4, -0.2) is 4.57 Å². The van der Waals surface area contributed by atoms with Crippen LogP contribution >= 0.6 is 23.2 Å².